The van der Waals surface area contributed by atoms with Crippen LogP contribution < -0.4 is 5.43 Å². The Balaban J connectivity index is 1.83. The molecule has 0 unspecified atom stereocenters. The Morgan fingerprint density at radius 3 is 2.52 bits per heavy atom. The van der Waals surface area contributed by atoms with Gasteiger partial charge in [-0.25, -0.2) is 0 Å². The van der Waals surface area contributed by atoms with Crippen LogP contribution in [0.2, 0.25) is 0 Å². The lowest BCUT2D eigenvalue weighted by molar-refractivity contribution is 0.403. The molecule has 0 aliphatic carbocycles. The van der Waals surface area contributed by atoms with Gasteiger partial charge in [0, 0.05) is 5.39 Å². The molecule has 3 rings (SSSR count). The number of fused-ring (bicyclic) bond motifs is 1. The zero-order valence-electron chi connectivity index (χ0n) is 11.2. The highest BCUT2D eigenvalue weighted by Gasteiger charge is 1.99. The van der Waals surface area contributed by atoms with Gasteiger partial charge in [0.05, 0.1) is 11.9 Å². The minimum absolute atomic E-state index is 0.144. The highest BCUT2D eigenvalue weighted by atomic mass is 16.3. The van der Waals surface area contributed by atoms with Gasteiger partial charge in [-0.05, 0) is 35.2 Å². The van der Waals surface area contributed by atoms with E-state index in [2.05, 4.69) is 10.5 Å². The molecule has 0 saturated heterocycles. The van der Waals surface area contributed by atoms with Gasteiger partial charge in [0.15, 0.2) is 11.5 Å². The normalized spacial score (nSPS) is 11.0. The Morgan fingerprint density at radius 1 is 0.857 bits per heavy atom. The molecule has 0 aliphatic heterocycles. The van der Waals surface area contributed by atoms with E-state index in [0.29, 0.717) is 5.56 Å². The Kier molecular flexibility index (Phi) is 3.43. The maximum absolute atomic E-state index is 9.43. The molecule has 21 heavy (non-hydrogen) atoms. The molecule has 0 aromatic heterocycles. The first-order valence-corrected chi connectivity index (χ1v) is 6.53. The number of rotatable bonds is 3. The molecule has 0 heterocycles. The largest absolute Gasteiger partial charge is 0.504 e. The van der Waals surface area contributed by atoms with Gasteiger partial charge in [-0.2, -0.15) is 5.10 Å². The highest BCUT2D eigenvalue weighted by Crippen LogP contribution is 2.25. The molecule has 3 aromatic rings. The lowest BCUT2D eigenvalue weighted by atomic mass is 10.1. The van der Waals surface area contributed by atoms with Gasteiger partial charge in [-0.3, -0.25) is 5.43 Å². The molecule has 0 amide bonds. The molecule has 104 valence electrons. The van der Waals surface area contributed by atoms with Gasteiger partial charge < -0.3 is 10.2 Å². The van der Waals surface area contributed by atoms with Gasteiger partial charge >= 0.3 is 0 Å². The summed E-state index contributed by atoms with van der Waals surface area (Å²) in [7, 11) is 0. The second kappa shape index (κ2) is 5.54. The minimum atomic E-state index is -0.163. The predicted molar refractivity (Wildman–Crippen MR) is 84.9 cm³/mol. The monoisotopic (exact) mass is 278 g/mol. The van der Waals surface area contributed by atoms with Crippen molar-refractivity contribution in [2.45, 2.75) is 0 Å². The van der Waals surface area contributed by atoms with E-state index < -0.39 is 0 Å². The van der Waals surface area contributed by atoms with Crippen molar-refractivity contribution in [1.82, 2.24) is 0 Å². The quantitative estimate of drug-likeness (QED) is 0.389. The number of hydrogen-bond donors (Lipinski definition) is 3. The molecule has 4 heteroatoms. The van der Waals surface area contributed by atoms with E-state index in [0.717, 1.165) is 16.5 Å². The fraction of sp³-hybridized carbons (Fsp3) is 0. The van der Waals surface area contributed by atoms with Gasteiger partial charge in [0.25, 0.3) is 0 Å². The van der Waals surface area contributed by atoms with Gasteiger partial charge in [0.1, 0.15) is 0 Å². The molecule has 3 aromatic carbocycles. The maximum Gasteiger partial charge on any atom is 0.158 e. The van der Waals surface area contributed by atoms with Crippen LogP contribution in [0.1, 0.15) is 5.56 Å². The number of benzene rings is 3. The number of anilines is 1. The van der Waals surface area contributed by atoms with Gasteiger partial charge in [-0.15, -0.1) is 0 Å². The topological polar surface area (TPSA) is 64.9 Å². The van der Waals surface area contributed by atoms with Crippen molar-refractivity contribution in [3.63, 3.8) is 0 Å². The van der Waals surface area contributed by atoms with E-state index in [-0.39, 0.29) is 11.5 Å². The lowest BCUT2D eigenvalue weighted by Gasteiger charge is -2.05. The molecule has 0 fully saturated rings. The van der Waals surface area contributed by atoms with Crippen molar-refractivity contribution in [3.8, 4) is 11.5 Å². The van der Waals surface area contributed by atoms with E-state index in [1.807, 2.05) is 42.5 Å². The van der Waals surface area contributed by atoms with Crippen LogP contribution in [-0.2, 0) is 0 Å². The number of aromatic hydroxyl groups is 2. The first-order chi connectivity index (χ1) is 10.2. The van der Waals surface area contributed by atoms with E-state index in [1.165, 1.54) is 12.1 Å². The predicted octanol–water partition coefficient (Wildman–Crippen LogP) is 3.70. The third-order valence-corrected chi connectivity index (χ3v) is 3.19. The molecule has 0 saturated carbocycles. The van der Waals surface area contributed by atoms with Crippen LogP contribution in [0, 0.1) is 0 Å². The van der Waals surface area contributed by atoms with Crippen LogP contribution in [-0.4, -0.2) is 16.4 Å². The third-order valence-electron chi connectivity index (χ3n) is 3.19. The Hall–Kier alpha value is -3.01. The summed E-state index contributed by atoms with van der Waals surface area (Å²) < 4.78 is 0. The molecule has 0 aliphatic rings. The van der Waals surface area contributed by atoms with Crippen LogP contribution >= 0.6 is 0 Å². The Morgan fingerprint density at radius 2 is 1.67 bits per heavy atom. The van der Waals surface area contributed by atoms with Crippen molar-refractivity contribution in [1.29, 1.82) is 0 Å². The Labute approximate surface area is 122 Å². The van der Waals surface area contributed by atoms with E-state index in [1.54, 1.807) is 12.3 Å². The minimum Gasteiger partial charge on any atom is -0.504 e. The standard InChI is InChI=1S/C17H14N2O2/c20-16-9-8-12(10-17(16)21)11-18-19-15-7-3-5-13-4-1-2-6-14(13)15/h1-11,19-21H/b18-11+. The van der Waals surface area contributed by atoms with Crippen molar-refractivity contribution >= 4 is 22.7 Å². The van der Waals surface area contributed by atoms with Crippen LogP contribution in [0.25, 0.3) is 10.8 Å². The molecule has 0 spiro atoms. The average molecular weight is 278 g/mol. The zero-order valence-corrected chi connectivity index (χ0v) is 11.2. The summed E-state index contributed by atoms with van der Waals surface area (Å²) in [5.41, 5.74) is 4.60. The number of hydrogen-bond acceptors (Lipinski definition) is 4. The fourth-order valence-electron chi connectivity index (χ4n) is 2.12. The first-order valence-electron chi connectivity index (χ1n) is 6.53. The second-order valence-corrected chi connectivity index (χ2v) is 4.64. The highest BCUT2D eigenvalue weighted by molar-refractivity contribution is 5.94. The molecule has 3 N–H and O–H groups in total. The van der Waals surface area contributed by atoms with Crippen LogP contribution in [0.3, 0.4) is 0 Å². The number of nitrogens with zero attached hydrogens (tertiary/aromatic N) is 1. The number of phenolic OH excluding ortho intramolecular Hbond substituents is 2. The van der Waals surface area contributed by atoms with Crippen LogP contribution in [0.4, 0.5) is 5.69 Å². The molecule has 0 bridgehead atoms. The summed E-state index contributed by atoms with van der Waals surface area (Å²) in [4.78, 5) is 0. The Bertz CT molecular complexity index is 807. The van der Waals surface area contributed by atoms with Crippen molar-refractivity contribution in [2.24, 2.45) is 5.10 Å². The maximum atomic E-state index is 9.43. The molecule has 4 nitrogen and oxygen atoms in total. The molecular formula is C17H14N2O2. The molecular weight excluding hydrogens is 264 g/mol. The van der Waals surface area contributed by atoms with E-state index >= 15 is 0 Å². The summed E-state index contributed by atoms with van der Waals surface area (Å²) in [6.07, 6.45) is 1.58. The number of nitrogens with one attached hydrogen (secondary N) is 1. The molecule has 0 radical (unpaired) electrons. The van der Waals surface area contributed by atoms with Crippen molar-refractivity contribution in [3.05, 3.63) is 66.2 Å². The smallest absolute Gasteiger partial charge is 0.158 e. The lowest BCUT2D eigenvalue weighted by Crippen LogP contribution is -1.91. The van der Waals surface area contributed by atoms with Gasteiger partial charge in [0.2, 0.25) is 0 Å². The summed E-state index contributed by atoms with van der Waals surface area (Å²) in [6.45, 7) is 0. The number of phenols is 2. The van der Waals surface area contributed by atoms with Crippen molar-refractivity contribution in [2.75, 3.05) is 5.43 Å². The molecule has 0 atom stereocenters. The van der Waals surface area contributed by atoms with Gasteiger partial charge in [-0.1, -0.05) is 36.4 Å². The first kappa shape index (κ1) is 13.0. The number of hydrazone groups is 1. The fourth-order valence-corrected chi connectivity index (χ4v) is 2.12. The van der Waals surface area contributed by atoms with E-state index in [9.17, 15) is 10.2 Å². The zero-order chi connectivity index (χ0) is 14.7. The second-order valence-electron chi connectivity index (χ2n) is 4.64. The summed E-state index contributed by atoms with van der Waals surface area (Å²) in [5, 5.41) is 25.1. The van der Waals surface area contributed by atoms with Crippen LogP contribution in [0.15, 0.2) is 65.8 Å². The summed E-state index contributed by atoms with van der Waals surface area (Å²) in [6, 6.07) is 18.6. The van der Waals surface area contributed by atoms with Crippen LogP contribution in [0.5, 0.6) is 11.5 Å². The summed E-state index contributed by atoms with van der Waals surface area (Å²) >= 11 is 0. The van der Waals surface area contributed by atoms with Crippen molar-refractivity contribution < 1.29 is 10.2 Å². The summed E-state index contributed by atoms with van der Waals surface area (Å²) in [5.74, 6) is -0.307. The van der Waals surface area contributed by atoms with E-state index in [4.69, 9.17) is 0 Å². The SMILES string of the molecule is Oc1ccc(/C=N/Nc2cccc3ccccc23)cc1O. The third kappa shape index (κ3) is 2.79. The average Bonchev–Trinajstić information content (AvgIpc) is 2.51.